The first-order valence-corrected chi connectivity index (χ1v) is 10.2. The molecule has 1 heterocycles. The molecule has 1 atom stereocenters. The fourth-order valence-electron chi connectivity index (χ4n) is 3.19. The highest BCUT2D eigenvalue weighted by Gasteiger charge is 2.28. The zero-order chi connectivity index (χ0) is 21.1. The molecule has 1 amide bonds. The molecular weight excluding hydrogens is 499 g/mol. The van der Waals surface area contributed by atoms with Gasteiger partial charge in [-0.1, -0.05) is 12.1 Å². The number of carbonyl (C=O) groups excluding carboxylic acids is 2. The lowest BCUT2D eigenvalue weighted by atomic mass is 9.98. The summed E-state index contributed by atoms with van der Waals surface area (Å²) in [5.74, 6) is 0.959. The number of nitrogens with zero attached hydrogens (tertiary/aromatic N) is 2. The van der Waals surface area contributed by atoms with Crippen molar-refractivity contribution in [1.82, 2.24) is 15.5 Å². The molecule has 168 valence electrons. The Hall–Kier alpha value is -2.04. The minimum absolute atomic E-state index is 0. The fourth-order valence-corrected chi connectivity index (χ4v) is 3.19. The van der Waals surface area contributed by atoms with Crippen molar-refractivity contribution < 1.29 is 19.1 Å². The molecule has 30 heavy (non-hydrogen) atoms. The van der Waals surface area contributed by atoms with Gasteiger partial charge in [0.25, 0.3) is 0 Å². The quantitative estimate of drug-likeness (QED) is 0.231. The fraction of sp³-hybridized carbons (Fsp3) is 0.571. The average Bonchev–Trinajstić information content (AvgIpc) is 2.75. The van der Waals surface area contributed by atoms with Crippen LogP contribution in [0.1, 0.15) is 32.3 Å². The second kappa shape index (κ2) is 14.1. The molecule has 0 aromatic heterocycles. The second-order valence-corrected chi connectivity index (χ2v) is 6.83. The van der Waals surface area contributed by atoms with Crippen LogP contribution in [0.2, 0.25) is 0 Å². The Morgan fingerprint density at radius 1 is 1.20 bits per heavy atom. The summed E-state index contributed by atoms with van der Waals surface area (Å²) in [4.78, 5) is 30.8. The van der Waals surface area contributed by atoms with Crippen molar-refractivity contribution in [3.8, 4) is 5.75 Å². The average molecular weight is 532 g/mol. The molecule has 0 saturated carbocycles. The van der Waals surface area contributed by atoms with Crippen LogP contribution in [-0.2, 0) is 20.9 Å². The number of hydrogen-bond acceptors (Lipinski definition) is 5. The maximum Gasteiger partial charge on any atom is 0.310 e. The van der Waals surface area contributed by atoms with Crippen molar-refractivity contribution in [3.63, 3.8) is 0 Å². The molecule has 0 radical (unpaired) electrons. The van der Waals surface area contributed by atoms with Crippen molar-refractivity contribution in [2.45, 2.75) is 33.2 Å². The Morgan fingerprint density at radius 2 is 1.93 bits per heavy atom. The normalized spacial score (nSPS) is 16.3. The molecule has 0 aliphatic carbocycles. The summed E-state index contributed by atoms with van der Waals surface area (Å²) < 4.78 is 10.3. The summed E-state index contributed by atoms with van der Waals surface area (Å²) in [5.41, 5.74) is 0.989. The number of esters is 1. The third-order valence-corrected chi connectivity index (χ3v) is 4.70. The monoisotopic (exact) mass is 532 g/mol. The maximum absolute atomic E-state index is 12.2. The first kappa shape index (κ1) is 26.0. The van der Waals surface area contributed by atoms with E-state index in [1.807, 2.05) is 43.0 Å². The van der Waals surface area contributed by atoms with Crippen LogP contribution in [0.3, 0.4) is 0 Å². The number of guanidine groups is 1. The molecule has 1 saturated heterocycles. The zero-order valence-corrected chi connectivity index (χ0v) is 20.3. The topological polar surface area (TPSA) is 92.3 Å². The van der Waals surface area contributed by atoms with Gasteiger partial charge < -0.3 is 25.0 Å². The molecular formula is C21H33IN4O4. The number of amides is 1. The number of aliphatic imine (C=N–C) groups is 1. The lowest BCUT2D eigenvalue weighted by Gasteiger charge is -2.33. The smallest absolute Gasteiger partial charge is 0.310 e. The minimum Gasteiger partial charge on any atom is -0.497 e. The SMILES string of the molecule is CCNC(=NCC(=O)NCc1ccc(OC)cc1)N1CCCC(C(=O)OCC)C1.I. The van der Waals surface area contributed by atoms with Crippen LogP contribution >= 0.6 is 24.0 Å². The zero-order valence-electron chi connectivity index (χ0n) is 18.0. The Labute approximate surface area is 195 Å². The minimum atomic E-state index is -0.162. The maximum atomic E-state index is 12.2. The van der Waals surface area contributed by atoms with E-state index in [2.05, 4.69) is 15.6 Å². The second-order valence-electron chi connectivity index (χ2n) is 6.83. The largest absolute Gasteiger partial charge is 0.497 e. The van der Waals surface area contributed by atoms with E-state index in [1.165, 1.54) is 0 Å². The van der Waals surface area contributed by atoms with Crippen LogP contribution in [0.15, 0.2) is 29.3 Å². The van der Waals surface area contributed by atoms with Crippen molar-refractivity contribution in [2.24, 2.45) is 10.9 Å². The van der Waals surface area contributed by atoms with Gasteiger partial charge in [-0.15, -0.1) is 24.0 Å². The third-order valence-electron chi connectivity index (χ3n) is 4.70. The van der Waals surface area contributed by atoms with Gasteiger partial charge in [-0.3, -0.25) is 9.59 Å². The van der Waals surface area contributed by atoms with Crippen LogP contribution in [-0.4, -0.2) is 62.6 Å². The molecule has 9 heteroatoms. The molecule has 0 spiro atoms. The summed E-state index contributed by atoms with van der Waals surface area (Å²) in [6, 6.07) is 7.55. The molecule has 8 nitrogen and oxygen atoms in total. The van der Waals surface area contributed by atoms with Crippen molar-refractivity contribution >= 4 is 41.8 Å². The van der Waals surface area contributed by atoms with Crippen LogP contribution in [0.4, 0.5) is 0 Å². The van der Waals surface area contributed by atoms with Gasteiger partial charge >= 0.3 is 5.97 Å². The standard InChI is InChI=1S/C21H32N4O4.HI/c1-4-22-21(25-12-6-7-17(15-25)20(27)29-5-2)24-14-19(26)23-13-16-8-10-18(28-3)11-9-16;/h8-11,17H,4-7,12-15H2,1-3H3,(H,22,24)(H,23,26);1H. The molecule has 1 aromatic carbocycles. The highest BCUT2D eigenvalue weighted by Crippen LogP contribution is 2.18. The van der Waals surface area contributed by atoms with E-state index in [1.54, 1.807) is 7.11 Å². The predicted molar refractivity (Wildman–Crippen MR) is 127 cm³/mol. The summed E-state index contributed by atoms with van der Waals surface area (Å²) in [5, 5.41) is 6.09. The van der Waals surface area contributed by atoms with Crippen LogP contribution in [0.5, 0.6) is 5.75 Å². The molecule has 1 aliphatic heterocycles. The first-order valence-electron chi connectivity index (χ1n) is 10.2. The molecule has 2 rings (SSSR count). The molecule has 1 unspecified atom stereocenters. The number of halogens is 1. The molecule has 2 N–H and O–H groups in total. The summed E-state index contributed by atoms with van der Waals surface area (Å²) in [6.45, 7) is 6.68. The Bertz CT molecular complexity index is 697. The van der Waals surface area contributed by atoms with Crippen molar-refractivity contribution in [1.29, 1.82) is 0 Å². The highest BCUT2D eigenvalue weighted by atomic mass is 127. The summed E-state index contributed by atoms with van der Waals surface area (Å²) in [7, 11) is 1.62. The van der Waals surface area contributed by atoms with Gasteiger partial charge in [-0.25, -0.2) is 4.99 Å². The lowest BCUT2D eigenvalue weighted by molar-refractivity contribution is -0.149. The molecule has 1 fully saturated rings. The third kappa shape index (κ3) is 8.37. The lowest BCUT2D eigenvalue weighted by Crippen LogP contribution is -2.48. The number of piperidine rings is 1. The van der Waals surface area contributed by atoms with Gasteiger partial charge in [0.2, 0.25) is 5.91 Å². The van der Waals surface area contributed by atoms with E-state index in [0.29, 0.717) is 32.2 Å². The number of hydrogen-bond donors (Lipinski definition) is 2. The van der Waals surface area contributed by atoms with E-state index in [0.717, 1.165) is 30.7 Å². The Balaban J connectivity index is 0.00000450. The van der Waals surface area contributed by atoms with E-state index in [4.69, 9.17) is 9.47 Å². The molecule has 1 aliphatic rings. The number of rotatable bonds is 8. The van der Waals surface area contributed by atoms with Crippen LogP contribution < -0.4 is 15.4 Å². The molecule has 1 aromatic rings. The van der Waals surface area contributed by atoms with Gasteiger partial charge in [0.15, 0.2) is 5.96 Å². The number of likely N-dealkylation sites (tertiary alicyclic amines) is 1. The Morgan fingerprint density at radius 3 is 2.57 bits per heavy atom. The van der Waals surface area contributed by atoms with E-state index >= 15 is 0 Å². The Kier molecular flexibility index (Phi) is 12.2. The summed E-state index contributed by atoms with van der Waals surface area (Å²) in [6.07, 6.45) is 1.70. The van der Waals surface area contributed by atoms with E-state index in [9.17, 15) is 9.59 Å². The number of methoxy groups -OCH3 is 1. The first-order chi connectivity index (χ1) is 14.1. The summed E-state index contributed by atoms with van der Waals surface area (Å²) >= 11 is 0. The van der Waals surface area contributed by atoms with Crippen molar-refractivity contribution in [3.05, 3.63) is 29.8 Å². The van der Waals surface area contributed by atoms with Gasteiger partial charge in [0.05, 0.1) is 19.6 Å². The van der Waals surface area contributed by atoms with Gasteiger partial charge in [-0.05, 0) is 44.4 Å². The number of carbonyl (C=O) groups is 2. The highest BCUT2D eigenvalue weighted by molar-refractivity contribution is 14.0. The van der Waals surface area contributed by atoms with Crippen LogP contribution in [0.25, 0.3) is 0 Å². The predicted octanol–water partition coefficient (Wildman–Crippen LogP) is 2.17. The van der Waals surface area contributed by atoms with Crippen molar-refractivity contribution in [2.75, 3.05) is 39.9 Å². The van der Waals surface area contributed by atoms with Gasteiger partial charge in [0, 0.05) is 26.2 Å². The number of ether oxygens (including phenoxy) is 2. The molecule has 0 bridgehead atoms. The number of nitrogens with one attached hydrogen (secondary N) is 2. The van der Waals surface area contributed by atoms with Gasteiger partial charge in [0.1, 0.15) is 12.3 Å². The van der Waals surface area contributed by atoms with Gasteiger partial charge in [-0.2, -0.15) is 0 Å². The van der Waals surface area contributed by atoms with Crippen LogP contribution in [0, 0.1) is 5.92 Å². The number of benzene rings is 1. The van der Waals surface area contributed by atoms with E-state index in [-0.39, 0.29) is 48.3 Å². The van der Waals surface area contributed by atoms with E-state index < -0.39 is 0 Å².